The number of halogens is 3. The molecule has 0 amide bonds. The van der Waals surface area contributed by atoms with Gasteiger partial charge in [0.1, 0.15) is 11.3 Å². The summed E-state index contributed by atoms with van der Waals surface area (Å²) in [5, 5.41) is 9.02. The highest BCUT2D eigenvalue weighted by atomic mass is 35.5. The van der Waals surface area contributed by atoms with Gasteiger partial charge >= 0.3 is 0 Å². The summed E-state index contributed by atoms with van der Waals surface area (Å²) in [5.41, 5.74) is 2.93. The van der Waals surface area contributed by atoms with Crippen molar-refractivity contribution in [3.63, 3.8) is 0 Å². The summed E-state index contributed by atoms with van der Waals surface area (Å²) in [7, 11) is 1.68. The van der Waals surface area contributed by atoms with Crippen LogP contribution < -0.4 is 15.4 Å². The molecule has 0 spiro atoms. The third-order valence-corrected chi connectivity index (χ3v) is 3.96. The lowest BCUT2D eigenvalue weighted by molar-refractivity contribution is 0.419. The third kappa shape index (κ3) is 4.79. The van der Waals surface area contributed by atoms with E-state index in [1.807, 2.05) is 30.3 Å². The predicted molar refractivity (Wildman–Crippen MR) is 112 cm³/mol. The maximum absolute atomic E-state index is 5.68. The van der Waals surface area contributed by atoms with E-state index < -0.39 is 0 Å². The van der Waals surface area contributed by atoms with E-state index in [2.05, 4.69) is 22.8 Å². The number of hydrogen-bond acceptors (Lipinski definition) is 4. The van der Waals surface area contributed by atoms with Crippen molar-refractivity contribution in [3.05, 3.63) is 42.5 Å². The summed E-state index contributed by atoms with van der Waals surface area (Å²) in [6, 6.07) is 14.2. The second-order valence-corrected chi connectivity index (χ2v) is 5.60. The van der Waals surface area contributed by atoms with Gasteiger partial charge in [0.15, 0.2) is 0 Å². The van der Waals surface area contributed by atoms with Crippen LogP contribution in [0.1, 0.15) is 0 Å². The normalized spacial score (nSPS) is 10.2. The molecule has 1 heterocycles. The maximum atomic E-state index is 5.68. The smallest absolute Gasteiger partial charge is 0.145 e. The molecule has 7 heteroatoms. The molecular formula is C18H22Cl3N3O. The molecule has 0 bridgehead atoms. The number of para-hydroxylation sites is 2. The van der Waals surface area contributed by atoms with Gasteiger partial charge in [0, 0.05) is 36.3 Å². The average molecular weight is 403 g/mol. The van der Waals surface area contributed by atoms with E-state index >= 15 is 0 Å². The topological polar surface area (TPSA) is 46.2 Å². The predicted octanol–water partition coefficient (Wildman–Crippen LogP) is 4.48. The van der Waals surface area contributed by atoms with Crippen molar-refractivity contribution in [1.82, 2.24) is 10.3 Å². The Morgan fingerprint density at radius 3 is 2.48 bits per heavy atom. The van der Waals surface area contributed by atoms with Gasteiger partial charge in [0.25, 0.3) is 0 Å². The van der Waals surface area contributed by atoms with E-state index in [1.54, 1.807) is 7.11 Å². The van der Waals surface area contributed by atoms with Crippen LogP contribution in [0.2, 0.25) is 0 Å². The fraction of sp³-hybridized carbons (Fsp3) is 0.278. The fourth-order valence-corrected chi connectivity index (χ4v) is 2.84. The first kappa shape index (κ1) is 21.6. The van der Waals surface area contributed by atoms with Gasteiger partial charge in [-0.05, 0) is 12.1 Å². The van der Waals surface area contributed by atoms with Gasteiger partial charge in [0.05, 0.1) is 18.3 Å². The zero-order valence-corrected chi connectivity index (χ0v) is 16.3. The number of ether oxygens (including phenoxy) is 1. The van der Waals surface area contributed by atoms with Gasteiger partial charge < -0.3 is 15.4 Å². The number of anilines is 1. The Labute approximate surface area is 165 Å². The number of rotatable bonds is 7. The molecule has 0 saturated carbocycles. The lowest BCUT2D eigenvalue weighted by Crippen LogP contribution is -2.24. The van der Waals surface area contributed by atoms with E-state index in [0.29, 0.717) is 5.88 Å². The number of benzene rings is 2. The Hall–Kier alpha value is -1.46. The molecule has 0 aliphatic heterocycles. The molecule has 4 nitrogen and oxygen atoms in total. The molecule has 0 radical (unpaired) electrons. The number of nitrogens with zero attached hydrogens (tertiary/aromatic N) is 1. The summed E-state index contributed by atoms with van der Waals surface area (Å²) < 4.78 is 5.47. The first-order valence-corrected chi connectivity index (χ1v) is 8.24. The van der Waals surface area contributed by atoms with Crippen molar-refractivity contribution in [3.8, 4) is 5.75 Å². The lowest BCUT2D eigenvalue weighted by atomic mass is 10.1. The monoisotopic (exact) mass is 401 g/mol. The summed E-state index contributed by atoms with van der Waals surface area (Å²) in [6.07, 6.45) is 0. The van der Waals surface area contributed by atoms with Gasteiger partial charge in [-0.15, -0.1) is 36.4 Å². The molecule has 3 aromatic rings. The third-order valence-electron chi connectivity index (χ3n) is 3.77. The summed E-state index contributed by atoms with van der Waals surface area (Å²) in [6.45, 7) is 2.49. The first-order chi connectivity index (χ1) is 11.3. The zero-order valence-electron chi connectivity index (χ0n) is 13.9. The first-order valence-electron chi connectivity index (χ1n) is 7.71. The van der Waals surface area contributed by atoms with Crippen LogP contribution in [0.25, 0.3) is 21.8 Å². The minimum absolute atomic E-state index is 0. The second kappa shape index (κ2) is 10.5. The molecule has 0 atom stereocenters. The van der Waals surface area contributed by atoms with Gasteiger partial charge in [-0.3, -0.25) is 0 Å². The van der Waals surface area contributed by atoms with Crippen LogP contribution in [-0.2, 0) is 0 Å². The van der Waals surface area contributed by atoms with Gasteiger partial charge in [0.2, 0.25) is 0 Å². The average Bonchev–Trinajstić information content (AvgIpc) is 2.60. The molecule has 25 heavy (non-hydrogen) atoms. The Kier molecular flexibility index (Phi) is 9.08. The Bertz CT molecular complexity index is 814. The van der Waals surface area contributed by atoms with E-state index in [0.717, 1.165) is 52.9 Å². The number of hydrogen-bond donors (Lipinski definition) is 2. The largest absolute Gasteiger partial charge is 0.494 e. The Morgan fingerprint density at radius 2 is 1.72 bits per heavy atom. The quantitative estimate of drug-likeness (QED) is 0.347. The minimum Gasteiger partial charge on any atom is -0.494 e. The highest BCUT2D eigenvalue weighted by Gasteiger charge is 2.11. The second-order valence-electron chi connectivity index (χ2n) is 5.23. The Morgan fingerprint density at radius 1 is 0.960 bits per heavy atom. The number of nitrogens with one attached hydrogen (secondary N) is 2. The number of methoxy groups -OCH3 is 1. The van der Waals surface area contributed by atoms with Crippen LogP contribution in [0.4, 0.5) is 5.69 Å². The van der Waals surface area contributed by atoms with Gasteiger partial charge in [-0.25, -0.2) is 4.98 Å². The van der Waals surface area contributed by atoms with E-state index in [4.69, 9.17) is 21.3 Å². The van der Waals surface area contributed by atoms with Gasteiger partial charge in [-0.2, -0.15) is 0 Å². The van der Waals surface area contributed by atoms with Crippen LogP contribution in [0.3, 0.4) is 0 Å². The molecule has 1 aromatic heterocycles. The summed E-state index contributed by atoms with van der Waals surface area (Å²) in [4.78, 5) is 4.77. The molecular weight excluding hydrogens is 381 g/mol. The van der Waals surface area contributed by atoms with E-state index in [1.165, 1.54) is 0 Å². The Balaban J connectivity index is 0.00000156. The molecule has 0 fully saturated rings. The lowest BCUT2D eigenvalue weighted by Gasteiger charge is -2.15. The van der Waals surface area contributed by atoms with Crippen LogP contribution in [0, 0.1) is 0 Å². The van der Waals surface area contributed by atoms with Crippen molar-refractivity contribution in [2.45, 2.75) is 0 Å². The number of aromatic nitrogens is 1. The van der Waals surface area contributed by atoms with Crippen LogP contribution in [-0.4, -0.2) is 37.6 Å². The standard InChI is InChI=1S/C18H20ClN3O.2ClH/c1-23-16-8-4-6-14-17(21-12-11-20-10-9-19)13-5-2-3-7-15(13)22-18(14)16;;/h2-8,20H,9-12H2,1H3,(H,21,22);2*1H. The van der Waals surface area contributed by atoms with Crippen molar-refractivity contribution in [2.24, 2.45) is 0 Å². The van der Waals surface area contributed by atoms with Crippen LogP contribution in [0.15, 0.2) is 42.5 Å². The molecule has 0 saturated heterocycles. The highest BCUT2D eigenvalue weighted by Crippen LogP contribution is 2.34. The minimum atomic E-state index is 0. The van der Waals surface area contributed by atoms with E-state index in [-0.39, 0.29) is 24.8 Å². The fourth-order valence-electron chi connectivity index (χ4n) is 2.71. The van der Waals surface area contributed by atoms with Crippen molar-refractivity contribution < 1.29 is 4.74 Å². The molecule has 0 aliphatic rings. The molecule has 3 rings (SSSR count). The maximum Gasteiger partial charge on any atom is 0.145 e. The summed E-state index contributed by atoms with van der Waals surface area (Å²) >= 11 is 5.68. The molecule has 0 aliphatic carbocycles. The van der Waals surface area contributed by atoms with Crippen LogP contribution >= 0.6 is 36.4 Å². The zero-order chi connectivity index (χ0) is 16.1. The number of fused-ring (bicyclic) bond motifs is 2. The summed E-state index contributed by atoms with van der Waals surface area (Å²) in [5.74, 6) is 1.41. The number of alkyl halides is 1. The molecule has 136 valence electrons. The number of pyridine rings is 1. The van der Waals surface area contributed by atoms with Crippen LogP contribution in [0.5, 0.6) is 5.75 Å². The van der Waals surface area contributed by atoms with Crippen molar-refractivity contribution in [2.75, 3.05) is 37.9 Å². The SMILES string of the molecule is COc1cccc2c(NCCNCCCl)c3ccccc3nc12.Cl.Cl. The molecule has 0 unspecified atom stereocenters. The van der Waals surface area contributed by atoms with Gasteiger partial charge in [-0.1, -0.05) is 30.3 Å². The molecule has 2 aromatic carbocycles. The van der Waals surface area contributed by atoms with E-state index in [9.17, 15) is 0 Å². The molecule has 2 N–H and O–H groups in total. The highest BCUT2D eigenvalue weighted by molar-refractivity contribution is 6.18. The van der Waals surface area contributed by atoms with Crippen molar-refractivity contribution >= 4 is 63.9 Å². The van der Waals surface area contributed by atoms with Crippen molar-refractivity contribution in [1.29, 1.82) is 0 Å².